The molecular weight excluding hydrogens is 297 g/mol. The molecule has 1 aliphatic rings. The Labute approximate surface area is 133 Å². The van der Waals surface area contributed by atoms with E-state index >= 15 is 0 Å². The van der Waals surface area contributed by atoms with Crippen LogP contribution in [0.5, 0.6) is 0 Å². The van der Waals surface area contributed by atoms with Crippen molar-refractivity contribution in [3.05, 3.63) is 35.5 Å². The van der Waals surface area contributed by atoms with Crippen molar-refractivity contribution < 1.29 is 8.81 Å². The lowest BCUT2D eigenvalue weighted by Crippen LogP contribution is -2.33. The molecule has 6 nitrogen and oxygen atoms in total. The van der Waals surface area contributed by atoms with E-state index in [9.17, 15) is 4.39 Å². The molecule has 1 aliphatic heterocycles. The molecule has 1 N–H and O–H groups in total. The van der Waals surface area contributed by atoms with Gasteiger partial charge in [0.2, 0.25) is 5.95 Å². The van der Waals surface area contributed by atoms with Gasteiger partial charge in [-0.3, -0.25) is 0 Å². The van der Waals surface area contributed by atoms with Gasteiger partial charge in [0.1, 0.15) is 0 Å². The lowest BCUT2D eigenvalue weighted by molar-refractivity contribution is 0.528. The summed E-state index contributed by atoms with van der Waals surface area (Å²) in [6.07, 6.45) is 2.18. The fraction of sp³-hybridized carbons (Fsp3) is 0.312. The predicted octanol–water partition coefficient (Wildman–Crippen LogP) is 2.33. The van der Waals surface area contributed by atoms with Crippen molar-refractivity contribution in [1.82, 2.24) is 20.5 Å². The van der Waals surface area contributed by atoms with E-state index in [1.807, 2.05) is 11.8 Å². The zero-order valence-corrected chi connectivity index (χ0v) is 12.9. The molecule has 0 aliphatic carbocycles. The maximum absolute atomic E-state index is 13.7. The van der Waals surface area contributed by atoms with Gasteiger partial charge in [-0.25, -0.2) is 4.98 Å². The van der Waals surface area contributed by atoms with E-state index in [-0.39, 0.29) is 11.5 Å². The van der Waals surface area contributed by atoms with Gasteiger partial charge in [-0.15, -0.1) is 5.10 Å². The summed E-state index contributed by atoms with van der Waals surface area (Å²) in [5, 5.41) is 11.0. The molecule has 0 fully saturated rings. The average molecular weight is 313 g/mol. The first-order chi connectivity index (χ1) is 11.2. The van der Waals surface area contributed by atoms with Crippen molar-refractivity contribution in [2.75, 3.05) is 18.0 Å². The third-order valence-corrected chi connectivity index (χ3v) is 3.59. The largest absolute Gasteiger partial charge is 0.403 e. The first-order valence-corrected chi connectivity index (χ1v) is 7.24. The summed E-state index contributed by atoms with van der Waals surface area (Å²) in [5.74, 6) is 2.32. The third kappa shape index (κ3) is 3.16. The summed E-state index contributed by atoms with van der Waals surface area (Å²) in [7, 11) is 0. The van der Waals surface area contributed by atoms with Crippen LogP contribution in [0.1, 0.15) is 20.3 Å². The molecule has 2 aromatic rings. The van der Waals surface area contributed by atoms with Crippen LogP contribution in [-0.2, 0) is 0 Å². The molecule has 0 bridgehead atoms. The zero-order chi connectivity index (χ0) is 16.2. The summed E-state index contributed by atoms with van der Waals surface area (Å²) in [6, 6.07) is 6.43. The topological polar surface area (TPSA) is 67.1 Å². The van der Waals surface area contributed by atoms with E-state index in [1.54, 1.807) is 19.1 Å². The maximum Gasteiger partial charge on any atom is 0.318 e. The zero-order valence-electron chi connectivity index (χ0n) is 12.9. The van der Waals surface area contributed by atoms with Gasteiger partial charge < -0.3 is 14.6 Å². The molecule has 0 aromatic carbocycles. The Balaban J connectivity index is 1.78. The Morgan fingerprint density at radius 1 is 1.39 bits per heavy atom. The molecule has 0 spiro atoms. The molecule has 0 unspecified atom stereocenters. The van der Waals surface area contributed by atoms with Crippen LogP contribution in [0.4, 0.5) is 10.4 Å². The minimum absolute atomic E-state index is 0.132. The van der Waals surface area contributed by atoms with Gasteiger partial charge in [0, 0.05) is 37.4 Å². The SMILES string of the molecule is CC#CNC1=C(C)CN(c2nnc(-c3cccnc3F)o2)CC1. The van der Waals surface area contributed by atoms with Gasteiger partial charge in [0.15, 0.2) is 0 Å². The van der Waals surface area contributed by atoms with Crippen molar-refractivity contribution in [3.8, 4) is 23.4 Å². The molecule has 3 heterocycles. The molecule has 0 saturated heterocycles. The van der Waals surface area contributed by atoms with Crippen LogP contribution in [0.2, 0.25) is 0 Å². The smallest absolute Gasteiger partial charge is 0.318 e. The first kappa shape index (κ1) is 15.0. The highest BCUT2D eigenvalue weighted by molar-refractivity contribution is 5.52. The number of hydrogen-bond acceptors (Lipinski definition) is 6. The van der Waals surface area contributed by atoms with Gasteiger partial charge in [-0.2, -0.15) is 4.39 Å². The van der Waals surface area contributed by atoms with E-state index in [0.29, 0.717) is 12.6 Å². The minimum atomic E-state index is -0.623. The quantitative estimate of drug-likeness (QED) is 0.533. The van der Waals surface area contributed by atoms with Gasteiger partial charge in [-0.05, 0) is 31.6 Å². The molecule has 0 saturated carbocycles. The summed E-state index contributed by atoms with van der Waals surface area (Å²) < 4.78 is 19.3. The van der Waals surface area contributed by atoms with Crippen molar-refractivity contribution in [3.63, 3.8) is 0 Å². The number of rotatable bonds is 3. The van der Waals surface area contributed by atoms with Crippen LogP contribution < -0.4 is 10.2 Å². The fourth-order valence-corrected chi connectivity index (χ4v) is 2.39. The number of anilines is 1. The number of nitrogens with one attached hydrogen (secondary N) is 1. The van der Waals surface area contributed by atoms with Gasteiger partial charge in [0.25, 0.3) is 5.89 Å². The van der Waals surface area contributed by atoms with E-state index < -0.39 is 5.95 Å². The van der Waals surface area contributed by atoms with Crippen LogP contribution >= 0.6 is 0 Å². The first-order valence-electron chi connectivity index (χ1n) is 7.24. The van der Waals surface area contributed by atoms with E-state index in [4.69, 9.17) is 4.42 Å². The number of halogens is 1. The van der Waals surface area contributed by atoms with Crippen molar-refractivity contribution in [1.29, 1.82) is 0 Å². The Kier molecular flexibility index (Phi) is 4.24. The molecule has 0 radical (unpaired) electrons. The molecule has 2 aromatic heterocycles. The predicted molar refractivity (Wildman–Crippen MR) is 83.6 cm³/mol. The summed E-state index contributed by atoms with van der Waals surface area (Å²) in [4.78, 5) is 5.55. The number of nitrogens with zero attached hydrogens (tertiary/aromatic N) is 4. The minimum Gasteiger partial charge on any atom is -0.403 e. The molecule has 3 rings (SSSR count). The molecule has 7 heteroatoms. The Bertz CT molecular complexity index is 802. The normalized spacial score (nSPS) is 14.5. The summed E-state index contributed by atoms with van der Waals surface area (Å²) in [6.45, 7) is 5.20. The van der Waals surface area contributed by atoms with Gasteiger partial charge in [0.05, 0.1) is 5.56 Å². The highest BCUT2D eigenvalue weighted by atomic mass is 19.1. The monoisotopic (exact) mass is 313 g/mol. The van der Waals surface area contributed by atoms with Crippen LogP contribution in [-0.4, -0.2) is 28.3 Å². The maximum atomic E-state index is 13.7. The van der Waals surface area contributed by atoms with Crippen LogP contribution in [0.15, 0.2) is 34.0 Å². The van der Waals surface area contributed by atoms with Crippen molar-refractivity contribution in [2.45, 2.75) is 20.3 Å². The van der Waals surface area contributed by atoms with Crippen LogP contribution in [0.3, 0.4) is 0 Å². The second-order valence-corrected chi connectivity index (χ2v) is 5.16. The Morgan fingerprint density at radius 3 is 3.00 bits per heavy atom. The van der Waals surface area contributed by atoms with Gasteiger partial charge in [-0.1, -0.05) is 11.0 Å². The van der Waals surface area contributed by atoms with E-state index in [2.05, 4.69) is 32.5 Å². The lowest BCUT2D eigenvalue weighted by atomic mass is 10.1. The second-order valence-electron chi connectivity index (χ2n) is 5.16. The summed E-state index contributed by atoms with van der Waals surface area (Å²) in [5.41, 5.74) is 2.48. The Hall–Kier alpha value is -2.88. The molecule has 0 amide bonds. The second kappa shape index (κ2) is 6.48. The highest BCUT2D eigenvalue weighted by Crippen LogP contribution is 2.26. The van der Waals surface area contributed by atoms with Crippen molar-refractivity contribution in [2.24, 2.45) is 0 Å². The van der Waals surface area contributed by atoms with Crippen LogP contribution in [0.25, 0.3) is 11.5 Å². The standard InChI is InChI=1S/C16H16FN5O/c1-3-7-18-13-6-9-22(10-11(13)2)16-21-20-15(23-16)12-5-4-8-19-14(12)17/h4-5,8,18H,6,9-10H2,1-2H3. The Morgan fingerprint density at radius 2 is 2.26 bits per heavy atom. The molecule has 23 heavy (non-hydrogen) atoms. The highest BCUT2D eigenvalue weighted by Gasteiger charge is 2.22. The van der Waals surface area contributed by atoms with Crippen molar-refractivity contribution >= 4 is 6.01 Å². The molecule has 0 atom stereocenters. The van der Waals surface area contributed by atoms with E-state index in [0.717, 1.165) is 24.2 Å². The molecule has 118 valence electrons. The number of hydrogen-bond donors (Lipinski definition) is 1. The van der Waals surface area contributed by atoms with Gasteiger partial charge >= 0.3 is 6.01 Å². The third-order valence-electron chi connectivity index (χ3n) is 3.59. The average Bonchev–Trinajstić information content (AvgIpc) is 3.04. The number of aromatic nitrogens is 3. The summed E-state index contributed by atoms with van der Waals surface area (Å²) >= 11 is 0. The number of pyridine rings is 1. The van der Waals surface area contributed by atoms with Crippen LogP contribution in [0, 0.1) is 17.9 Å². The lowest BCUT2D eigenvalue weighted by Gasteiger charge is -2.27. The fourth-order valence-electron chi connectivity index (χ4n) is 2.39. The molecular formula is C16H16FN5O. The van der Waals surface area contributed by atoms with E-state index in [1.165, 1.54) is 6.20 Å².